The molecule has 1 aliphatic heterocycles. The molecule has 0 saturated carbocycles. The molecule has 19 heavy (non-hydrogen) atoms. The summed E-state index contributed by atoms with van der Waals surface area (Å²) in [6, 6.07) is 22.5. The minimum absolute atomic E-state index is 0. The Morgan fingerprint density at radius 2 is 1.42 bits per heavy atom. The highest BCUT2D eigenvalue weighted by Gasteiger charge is 2.28. The second-order valence-electron chi connectivity index (χ2n) is 5.10. The first kappa shape index (κ1) is 14.1. The van der Waals surface area contributed by atoms with Crippen LogP contribution in [-0.4, -0.2) is 6.54 Å². The van der Waals surface area contributed by atoms with Crippen LogP contribution in [0.4, 0.5) is 5.69 Å². The SMILES string of the molecule is [Cl-].c1ccc(C2CCCC[NH+]2c2ccccc2)cc1. The molecule has 2 aromatic rings. The molecule has 1 N–H and O–H groups in total. The molecule has 2 atom stereocenters. The van der Waals surface area contributed by atoms with Gasteiger partial charge in [-0.3, -0.25) is 4.90 Å². The number of hydrogen-bond acceptors (Lipinski definition) is 0. The van der Waals surface area contributed by atoms with E-state index >= 15 is 0 Å². The first-order valence-corrected chi connectivity index (χ1v) is 6.91. The largest absolute Gasteiger partial charge is 1.00 e. The van der Waals surface area contributed by atoms with Crippen LogP contribution in [0, 0.1) is 0 Å². The summed E-state index contributed by atoms with van der Waals surface area (Å²) in [6.07, 6.45) is 4.00. The van der Waals surface area contributed by atoms with Crippen molar-refractivity contribution in [3.05, 3.63) is 66.2 Å². The zero-order valence-electron chi connectivity index (χ0n) is 11.1. The van der Waals surface area contributed by atoms with Crippen LogP contribution in [0.15, 0.2) is 60.7 Å². The van der Waals surface area contributed by atoms with Crippen LogP contribution in [0.2, 0.25) is 0 Å². The number of piperidine rings is 1. The number of quaternary nitrogens is 1. The van der Waals surface area contributed by atoms with Gasteiger partial charge in [0.25, 0.3) is 0 Å². The van der Waals surface area contributed by atoms with Crippen LogP contribution in [0.5, 0.6) is 0 Å². The average molecular weight is 274 g/mol. The Bertz CT molecular complexity index is 436. The van der Waals surface area contributed by atoms with Crippen LogP contribution in [-0.2, 0) is 0 Å². The lowest BCUT2D eigenvalue weighted by Gasteiger charge is -2.32. The van der Waals surface area contributed by atoms with Crippen LogP contribution >= 0.6 is 0 Å². The second-order valence-corrected chi connectivity index (χ2v) is 5.10. The van der Waals surface area contributed by atoms with Gasteiger partial charge in [-0.15, -0.1) is 0 Å². The molecule has 3 rings (SSSR count). The number of rotatable bonds is 2. The number of nitrogens with one attached hydrogen (secondary N) is 1. The number of benzene rings is 2. The van der Waals surface area contributed by atoms with Gasteiger partial charge in [0.2, 0.25) is 0 Å². The molecule has 0 amide bonds. The van der Waals surface area contributed by atoms with Gasteiger partial charge in [0.05, 0.1) is 6.54 Å². The Labute approximate surface area is 121 Å². The summed E-state index contributed by atoms with van der Waals surface area (Å²) in [5, 5.41) is 0. The van der Waals surface area contributed by atoms with E-state index < -0.39 is 0 Å². The fourth-order valence-electron chi connectivity index (χ4n) is 3.06. The number of para-hydroxylation sites is 1. The predicted octanol–water partition coefficient (Wildman–Crippen LogP) is 0.132. The maximum absolute atomic E-state index is 2.28. The van der Waals surface area contributed by atoms with Crippen molar-refractivity contribution < 1.29 is 17.3 Å². The molecule has 1 nitrogen and oxygen atoms in total. The third kappa shape index (κ3) is 3.17. The van der Waals surface area contributed by atoms with Crippen molar-refractivity contribution in [2.45, 2.75) is 25.3 Å². The summed E-state index contributed by atoms with van der Waals surface area (Å²) < 4.78 is 0. The molecule has 0 bridgehead atoms. The molecular formula is C17H20ClN. The van der Waals surface area contributed by atoms with Crippen molar-refractivity contribution in [2.24, 2.45) is 0 Å². The fourth-order valence-corrected chi connectivity index (χ4v) is 3.06. The maximum atomic E-state index is 2.28. The third-order valence-corrected chi connectivity index (χ3v) is 3.96. The molecular weight excluding hydrogens is 254 g/mol. The Balaban J connectivity index is 0.00000133. The topological polar surface area (TPSA) is 4.44 Å². The Morgan fingerprint density at radius 1 is 0.789 bits per heavy atom. The molecule has 1 saturated heterocycles. The lowest BCUT2D eigenvalue weighted by molar-refractivity contribution is -0.873. The summed E-state index contributed by atoms with van der Waals surface area (Å²) in [7, 11) is 0. The molecule has 1 fully saturated rings. The molecule has 0 aromatic heterocycles. The van der Waals surface area contributed by atoms with E-state index in [1.807, 2.05) is 0 Å². The van der Waals surface area contributed by atoms with E-state index in [9.17, 15) is 0 Å². The smallest absolute Gasteiger partial charge is 0.131 e. The standard InChI is InChI=1S/C17H19N.ClH/c1-3-9-15(10-4-1)17-13-7-8-14-18(17)16-11-5-2-6-12-16;/h1-6,9-12,17H,7-8,13-14H2;1H. The highest BCUT2D eigenvalue weighted by molar-refractivity contribution is 5.29. The Morgan fingerprint density at radius 3 is 2.11 bits per heavy atom. The van der Waals surface area contributed by atoms with Gasteiger partial charge in [-0.25, -0.2) is 0 Å². The van der Waals surface area contributed by atoms with Crippen LogP contribution in [0.1, 0.15) is 30.9 Å². The zero-order chi connectivity index (χ0) is 12.2. The lowest BCUT2D eigenvalue weighted by Crippen LogP contribution is -3.08. The predicted molar refractivity (Wildman–Crippen MR) is 75.0 cm³/mol. The highest BCUT2D eigenvalue weighted by atomic mass is 35.5. The maximum Gasteiger partial charge on any atom is 0.131 e. The molecule has 0 radical (unpaired) electrons. The average Bonchev–Trinajstić information content (AvgIpc) is 2.49. The highest BCUT2D eigenvalue weighted by Crippen LogP contribution is 2.21. The van der Waals surface area contributed by atoms with E-state index in [0.717, 1.165) is 0 Å². The Kier molecular flexibility index (Phi) is 5.00. The van der Waals surface area contributed by atoms with Gasteiger partial charge >= 0.3 is 0 Å². The summed E-state index contributed by atoms with van der Waals surface area (Å²) >= 11 is 0. The third-order valence-electron chi connectivity index (χ3n) is 3.96. The van der Waals surface area contributed by atoms with Gasteiger partial charge in [-0.1, -0.05) is 48.5 Å². The van der Waals surface area contributed by atoms with Crippen molar-refractivity contribution in [2.75, 3.05) is 6.54 Å². The van der Waals surface area contributed by atoms with E-state index in [2.05, 4.69) is 60.7 Å². The fraction of sp³-hybridized carbons (Fsp3) is 0.294. The Hall–Kier alpha value is -1.31. The lowest BCUT2D eigenvalue weighted by atomic mass is 9.94. The minimum Gasteiger partial charge on any atom is -1.00 e. The van der Waals surface area contributed by atoms with Gasteiger partial charge < -0.3 is 12.4 Å². The van der Waals surface area contributed by atoms with Gasteiger partial charge in [0, 0.05) is 12.0 Å². The summed E-state index contributed by atoms with van der Waals surface area (Å²) in [4.78, 5) is 1.63. The van der Waals surface area contributed by atoms with Crippen LogP contribution in [0.25, 0.3) is 0 Å². The number of halogens is 1. The van der Waals surface area contributed by atoms with Gasteiger partial charge in [0.15, 0.2) is 0 Å². The van der Waals surface area contributed by atoms with Crippen molar-refractivity contribution in [3.63, 3.8) is 0 Å². The first-order chi connectivity index (χ1) is 8.95. The zero-order valence-corrected chi connectivity index (χ0v) is 11.8. The van der Waals surface area contributed by atoms with Gasteiger partial charge in [-0.2, -0.15) is 0 Å². The summed E-state index contributed by atoms with van der Waals surface area (Å²) in [6.45, 7) is 1.25. The summed E-state index contributed by atoms with van der Waals surface area (Å²) in [5.74, 6) is 0. The molecule has 0 aliphatic carbocycles. The van der Waals surface area contributed by atoms with Crippen LogP contribution in [0.3, 0.4) is 0 Å². The van der Waals surface area contributed by atoms with E-state index in [1.165, 1.54) is 37.1 Å². The van der Waals surface area contributed by atoms with Crippen molar-refractivity contribution in [1.29, 1.82) is 0 Å². The van der Waals surface area contributed by atoms with Crippen molar-refractivity contribution in [1.82, 2.24) is 0 Å². The van der Waals surface area contributed by atoms with Crippen molar-refractivity contribution >= 4 is 5.69 Å². The van der Waals surface area contributed by atoms with Gasteiger partial charge in [0.1, 0.15) is 11.7 Å². The molecule has 100 valence electrons. The van der Waals surface area contributed by atoms with Crippen molar-refractivity contribution in [3.8, 4) is 0 Å². The quantitative estimate of drug-likeness (QED) is 0.794. The normalized spacial score (nSPS) is 22.5. The molecule has 2 heteroatoms. The van der Waals surface area contributed by atoms with E-state index in [1.54, 1.807) is 4.90 Å². The van der Waals surface area contributed by atoms with E-state index in [4.69, 9.17) is 0 Å². The van der Waals surface area contributed by atoms with Gasteiger partial charge in [-0.05, 0) is 25.0 Å². The molecule has 1 aliphatic rings. The minimum atomic E-state index is 0. The molecule has 0 spiro atoms. The van der Waals surface area contributed by atoms with E-state index in [0.29, 0.717) is 6.04 Å². The molecule has 2 aromatic carbocycles. The second kappa shape index (κ2) is 6.74. The van der Waals surface area contributed by atoms with Crippen LogP contribution < -0.4 is 17.3 Å². The first-order valence-electron chi connectivity index (χ1n) is 6.91. The summed E-state index contributed by atoms with van der Waals surface area (Å²) in [5.41, 5.74) is 2.92. The molecule has 1 heterocycles. The number of hydrogen-bond donors (Lipinski definition) is 1. The molecule has 2 unspecified atom stereocenters. The van der Waals surface area contributed by atoms with E-state index in [-0.39, 0.29) is 12.4 Å². The monoisotopic (exact) mass is 273 g/mol.